The van der Waals surface area contributed by atoms with Crippen molar-refractivity contribution >= 4 is 34.9 Å². The van der Waals surface area contributed by atoms with E-state index < -0.39 is 18.5 Å². The van der Waals surface area contributed by atoms with E-state index in [-0.39, 0.29) is 22.5 Å². The SMILES string of the molecule is Cc1c(-c2cccc(N(CC3CCCCC3)C(=O)CC(C)C)c2)sc(C(=O)O)c1OCC(=O)O. The summed E-state index contributed by atoms with van der Waals surface area (Å²) in [6, 6.07) is 7.60. The molecule has 1 saturated carbocycles. The van der Waals surface area contributed by atoms with Gasteiger partial charge in [-0.25, -0.2) is 9.59 Å². The number of rotatable bonds is 10. The lowest BCUT2D eigenvalue weighted by atomic mass is 9.88. The molecule has 0 spiro atoms. The van der Waals surface area contributed by atoms with Crippen molar-refractivity contribution in [2.24, 2.45) is 11.8 Å². The van der Waals surface area contributed by atoms with Gasteiger partial charge < -0.3 is 19.8 Å². The van der Waals surface area contributed by atoms with Crippen molar-refractivity contribution in [3.8, 4) is 16.2 Å². The molecule has 0 unspecified atom stereocenters. The number of carbonyl (C=O) groups excluding carboxylic acids is 1. The van der Waals surface area contributed by atoms with Gasteiger partial charge in [0.15, 0.2) is 11.5 Å². The average Bonchev–Trinajstić information content (AvgIpc) is 3.12. The Morgan fingerprint density at radius 3 is 2.47 bits per heavy atom. The third-order valence-corrected chi connectivity index (χ3v) is 7.41. The van der Waals surface area contributed by atoms with E-state index in [0.717, 1.165) is 35.4 Å². The van der Waals surface area contributed by atoms with Crippen molar-refractivity contribution in [3.05, 3.63) is 34.7 Å². The van der Waals surface area contributed by atoms with E-state index in [0.29, 0.717) is 29.3 Å². The minimum atomic E-state index is -1.17. The first-order valence-corrected chi connectivity index (χ1v) is 12.6. The molecule has 1 amide bonds. The first-order chi connectivity index (χ1) is 16.2. The molecule has 2 aromatic rings. The highest BCUT2D eigenvalue weighted by Crippen LogP contribution is 2.42. The Morgan fingerprint density at radius 1 is 1.15 bits per heavy atom. The summed E-state index contributed by atoms with van der Waals surface area (Å²) in [5.74, 6) is -1.44. The van der Waals surface area contributed by atoms with Crippen molar-refractivity contribution in [2.45, 2.75) is 59.3 Å². The normalized spacial score (nSPS) is 14.2. The van der Waals surface area contributed by atoms with Gasteiger partial charge in [-0.2, -0.15) is 0 Å². The van der Waals surface area contributed by atoms with Crippen molar-refractivity contribution in [3.63, 3.8) is 0 Å². The van der Waals surface area contributed by atoms with E-state index in [1.54, 1.807) is 6.92 Å². The van der Waals surface area contributed by atoms with E-state index in [1.165, 1.54) is 19.3 Å². The minimum Gasteiger partial charge on any atom is -0.480 e. The molecule has 0 radical (unpaired) electrons. The number of aromatic carboxylic acids is 1. The van der Waals surface area contributed by atoms with Gasteiger partial charge in [-0.05, 0) is 49.3 Å². The molecule has 7 nitrogen and oxygen atoms in total. The number of carboxylic acids is 2. The number of ether oxygens (including phenoxy) is 1. The summed E-state index contributed by atoms with van der Waals surface area (Å²) in [6.07, 6.45) is 6.36. The monoisotopic (exact) mass is 487 g/mol. The van der Waals surface area contributed by atoms with E-state index in [1.807, 2.05) is 43.0 Å². The van der Waals surface area contributed by atoms with Crippen LogP contribution in [-0.4, -0.2) is 41.2 Å². The van der Waals surface area contributed by atoms with Gasteiger partial charge in [-0.15, -0.1) is 11.3 Å². The number of amides is 1. The molecule has 1 aliphatic carbocycles. The Labute approximate surface area is 204 Å². The van der Waals surface area contributed by atoms with Crippen LogP contribution in [0.2, 0.25) is 0 Å². The van der Waals surface area contributed by atoms with Gasteiger partial charge >= 0.3 is 11.9 Å². The number of hydrogen-bond acceptors (Lipinski definition) is 5. The summed E-state index contributed by atoms with van der Waals surface area (Å²) in [7, 11) is 0. The lowest BCUT2D eigenvalue weighted by Gasteiger charge is -2.30. The standard InChI is InChI=1S/C26H33NO6S/c1-16(2)12-21(28)27(14-18-8-5-4-6-9-18)20-11-7-10-19(13-20)24-17(3)23(33-15-22(29)30)25(34-24)26(31)32/h7,10-11,13,16,18H,4-6,8-9,12,14-15H2,1-3H3,(H,29,30)(H,31,32). The third kappa shape index (κ3) is 6.38. The molecule has 34 heavy (non-hydrogen) atoms. The molecule has 1 heterocycles. The number of benzene rings is 1. The second-order valence-corrected chi connectivity index (χ2v) is 10.4. The molecule has 184 valence electrons. The molecule has 8 heteroatoms. The predicted molar refractivity (Wildman–Crippen MR) is 133 cm³/mol. The summed E-state index contributed by atoms with van der Waals surface area (Å²) >= 11 is 1.05. The zero-order valence-electron chi connectivity index (χ0n) is 20.0. The smallest absolute Gasteiger partial charge is 0.349 e. The highest BCUT2D eigenvalue weighted by molar-refractivity contribution is 7.18. The van der Waals surface area contributed by atoms with E-state index in [9.17, 15) is 19.5 Å². The van der Waals surface area contributed by atoms with Crippen molar-refractivity contribution < 1.29 is 29.3 Å². The van der Waals surface area contributed by atoms with Gasteiger partial charge in [0, 0.05) is 29.1 Å². The summed E-state index contributed by atoms with van der Waals surface area (Å²) in [5.41, 5.74) is 2.15. The topological polar surface area (TPSA) is 104 Å². The summed E-state index contributed by atoms with van der Waals surface area (Å²) < 4.78 is 5.32. The molecule has 0 aliphatic heterocycles. The van der Waals surface area contributed by atoms with E-state index in [2.05, 4.69) is 0 Å². The van der Waals surface area contributed by atoms with Crippen LogP contribution >= 0.6 is 11.3 Å². The van der Waals surface area contributed by atoms with Gasteiger partial charge in [0.05, 0.1) is 0 Å². The second-order valence-electron chi connectivity index (χ2n) is 9.36. The largest absolute Gasteiger partial charge is 0.480 e. The zero-order valence-corrected chi connectivity index (χ0v) is 20.8. The van der Waals surface area contributed by atoms with Crippen LogP contribution in [-0.2, 0) is 9.59 Å². The summed E-state index contributed by atoms with van der Waals surface area (Å²) in [5, 5.41) is 18.6. The maximum absolute atomic E-state index is 13.2. The molecule has 2 N–H and O–H groups in total. The van der Waals surface area contributed by atoms with Crippen LogP contribution < -0.4 is 9.64 Å². The number of hydrogen-bond donors (Lipinski definition) is 2. The molecule has 0 atom stereocenters. The Hall–Kier alpha value is -2.87. The van der Waals surface area contributed by atoms with Crippen LogP contribution in [0.15, 0.2) is 24.3 Å². The second kappa shape index (κ2) is 11.5. The molecule has 1 aliphatic rings. The van der Waals surface area contributed by atoms with Gasteiger partial charge in [-0.1, -0.05) is 45.2 Å². The summed E-state index contributed by atoms with van der Waals surface area (Å²) in [4.78, 5) is 38.5. The van der Waals surface area contributed by atoms with Crippen LogP contribution in [0.3, 0.4) is 0 Å². The maximum Gasteiger partial charge on any atom is 0.349 e. The van der Waals surface area contributed by atoms with Crippen LogP contribution in [0.1, 0.15) is 67.6 Å². The highest BCUT2D eigenvalue weighted by atomic mass is 32.1. The number of nitrogens with zero attached hydrogens (tertiary/aromatic N) is 1. The number of thiophene rings is 1. The lowest BCUT2D eigenvalue weighted by molar-refractivity contribution is -0.139. The van der Waals surface area contributed by atoms with Crippen molar-refractivity contribution in [1.82, 2.24) is 0 Å². The number of anilines is 1. The Bertz CT molecular complexity index is 1040. The molecule has 1 fully saturated rings. The summed E-state index contributed by atoms with van der Waals surface area (Å²) in [6.45, 7) is 5.87. The van der Waals surface area contributed by atoms with E-state index in [4.69, 9.17) is 9.84 Å². The minimum absolute atomic E-state index is 0.0332. The highest BCUT2D eigenvalue weighted by Gasteiger charge is 2.26. The zero-order chi connectivity index (χ0) is 24.8. The van der Waals surface area contributed by atoms with Gasteiger partial charge in [0.2, 0.25) is 5.91 Å². The molecule has 0 bridgehead atoms. The van der Waals surface area contributed by atoms with Gasteiger partial charge in [0.1, 0.15) is 5.75 Å². The number of aliphatic carboxylic acids is 1. The number of carboxylic acid groups (broad SMARTS) is 2. The van der Waals surface area contributed by atoms with Crippen molar-refractivity contribution in [1.29, 1.82) is 0 Å². The molecular weight excluding hydrogens is 454 g/mol. The molecule has 1 aromatic carbocycles. The fourth-order valence-electron chi connectivity index (χ4n) is 4.48. The first kappa shape index (κ1) is 25.7. The first-order valence-electron chi connectivity index (χ1n) is 11.8. The Kier molecular flexibility index (Phi) is 8.72. The Balaban J connectivity index is 1.97. The van der Waals surface area contributed by atoms with Gasteiger partial charge in [0.25, 0.3) is 0 Å². The fourth-order valence-corrected chi connectivity index (χ4v) is 5.56. The molecule has 1 aromatic heterocycles. The molecular formula is C26H33NO6S. The van der Waals surface area contributed by atoms with Crippen LogP contribution in [0, 0.1) is 18.8 Å². The van der Waals surface area contributed by atoms with Crippen LogP contribution in [0.25, 0.3) is 10.4 Å². The lowest BCUT2D eigenvalue weighted by Crippen LogP contribution is -2.36. The third-order valence-electron chi connectivity index (χ3n) is 6.10. The molecule has 0 saturated heterocycles. The van der Waals surface area contributed by atoms with Crippen molar-refractivity contribution in [2.75, 3.05) is 18.1 Å². The predicted octanol–water partition coefficient (Wildman–Crippen LogP) is 5.84. The number of carbonyl (C=O) groups is 3. The van der Waals surface area contributed by atoms with Crippen LogP contribution in [0.4, 0.5) is 5.69 Å². The van der Waals surface area contributed by atoms with Crippen LogP contribution in [0.5, 0.6) is 5.75 Å². The Morgan fingerprint density at radius 2 is 1.85 bits per heavy atom. The quantitative estimate of drug-likeness (QED) is 0.436. The van der Waals surface area contributed by atoms with Gasteiger partial charge in [-0.3, -0.25) is 4.79 Å². The maximum atomic E-state index is 13.2. The molecule has 3 rings (SSSR count). The fraction of sp³-hybridized carbons (Fsp3) is 0.500. The van der Waals surface area contributed by atoms with E-state index >= 15 is 0 Å². The average molecular weight is 488 g/mol.